The number of amides is 1. The minimum absolute atomic E-state index is 0.0103. The number of hydrogen-bond acceptors (Lipinski definition) is 7. The molecule has 0 radical (unpaired) electrons. The Hall–Kier alpha value is -1.80. The topological polar surface area (TPSA) is 76.1 Å². The van der Waals surface area contributed by atoms with Crippen molar-refractivity contribution in [3.8, 4) is 5.75 Å². The molecular weight excluding hydrogens is 356 g/mol. The number of carbonyl (C=O) groups is 1. The van der Waals surface area contributed by atoms with Gasteiger partial charge in [-0.2, -0.15) is 0 Å². The molecule has 2 rings (SSSR count). The molecule has 0 aliphatic carbocycles. The number of thioether (sulfide) groups is 1. The Morgan fingerprint density at radius 1 is 1.32 bits per heavy atom. The van der Waals surface area contributed by atoms with Crippen molar-refractivity contribution in [1.29, 1.82) is 0 Å². The Morgan fingerprint density at radius 3 is 2.72 bits per heavy atom. The van der Waals surface area contributed by atoms with E-state index in [1.807, 2.05) is 58.9 Å². The first-order valence-electron chi connectivity index (χ1n) is 8.09. The minimum Gasteiger partial charge on any atom is -0.492 e. The molecule has 8 heteroatoms. The van der Waals surface area contributed by atoms with Gasteiger partial charge in [-0.3, -0.25) is 4.79 Å². The van der Waals surface area contributed by atoms with Gasteiger partial charge in [-0.15, -0.1) is 10.2 Å². The average molecular weight is 381 g/mol. The van der Waals surface area contributed by atoms with Gasteiger partial charge < -0.3 is 15.4 Å². The Morgan fingerprint density at radius 2 is 2.04 bits per heavy atom. The van der Waals surface area contributed by atoms with Crippen LogP contribution < -0.4 is 15.4 Å². The minimum atomic E-state index is -0.247. The van der Waals surface area contributed by atoms with Crippen LogP contribution >= 0.6 is 23.1 Å². The van der Waals surface area contributed by atoms with Crippen LogP contribution in [0.5, 0.6) is 5.75 Å². The molecule has 1 amide bonds. The molecule has 0 aliphatic rings. The molecule has 0 aliphatic heterocycles. The van der Waals surface area contributed by atoms with Crippen molar-refractivity contribution >= 4 is 39.8 Å². The van der Waals surface area contributed by atoms with Gasteiger partial charge in [-0.05, 0) is 46.8 Å². The molecule has 1 atom stereocenters. The second-order valence-electron chi connectivity index (χ2n) is 6.43. The number of nitrogens with zero attached hydrogens (tertiary/aromatic N) is 2. The second kappa shape index (κ2) is 8.53. The molecule has 1 heterocycles. The predicted octanol–water partition coefficient (Wildman–Crippen LogP) is 4.08. The van der Waals surface area contributed by atoms with Gasteiger partial charge >= 0.3 is 0 Å². The third-order valence-corrected chi connectivity index (χ3v) is 5.00. The van der Waals surface area contributed by atoms with Crippen LogP contribution in [-0.2, 0) is 4.79 Å². The molecule has 0 fully saturated rings. The lowest BCUT2D eigenvalue weighted by atomic mass is 10.1. The fourth-order valence-electron chi connectivity index (χ4n) is 1.95. The number of nitrogens with one attached hydrogen (secondary N) is 2. The Bertz CT molecular complexity index is 713. The van der Waals surface area contributed by atoms with Crippen molar-refractivity contribution in [1.82, 2.24) is 15.5 Å². The summed E-state index contributed by atoms with van der Waals surface area (Å²) in [7, 11) is 0. The van der Waals surface area contributed by atoms with E-state index in [1.54, 1.807) is 0 Å². The number of aromatic nitrogens is 2. The van der Waals surface area contributed by atoms with Gasteiger partial charge in [0.15, 0.2) is 4.34 Å². The van der Waals surface area contributed by atoms with Crippen LogP contribution in [0.25, 0.3) is 0 Å². The summed E-state index contributed by atoms with van der Waals surface area (Å²) in [6.07, 6.45) is 0. The molecule has 2 N–H and O–H groups in total. The van der Waals surface area contributed by atoms with Crippen molar-refractivity contribution in [2.45, 2.75) is 49.7 Å². The first-order chi connectivity index (χ1) is 11.8. The van der Waals surface area contributed by atoms with Crippen molar-refractivity contribution in [3.63, 3.8) is 0 Å². The van der Waals surface area contributed by atoms with Crippen molar-refractivity contribution < 1.29 is 9.53 Å². The van der Waals surface area contributed by atoms with Crippen LogP contribution in [0.2, 0.25) is 0 Å². The second-order valence-corrected chi connectivity index (χ2v) is 8.99. The van der Waals surface area contributed by atoms with Crippen LogP contribution in [0.15, 0.2) is 28.6 Å². The van der Waals surface area contributed by atoms with Gasteiger partial charge in [0.25, 0.3) is 0 Å². The summed E-state index contributed by atoms with van der Waals surface area (Å²) in [6, 6.07) is 7.69. The summed E-state index contributed by atoms with van der Waals surface area (Å²) >= 11 is 2.81. The van der Waals surface area contributed by atoms with E-state index in [0.717, 1.165) is 15.8 Å². The zero-order valence-corrected chi connectivity index (χ0v) is 16.8. The van der Waals surface area contributed by atoms with Crippen LogP contribution in [0.1, 0.15) is 34.6 Å². The van der Waals surface area contributed by atoms with E-state index < -0.39 is 0 Å². The van der Waals surface area contributed by atoms with Crippen molar-refractivity contribution in [3.05, 3.63) is 24.3 Å². The van der Waals surface area contributed by atoms with E-state index in [0.29, 0.717) is 11.7 Å². The highest BCUT2D eigenvalue weighted by Crippen LogP contribution is 2.33. The number of ether oxygens (including phenoxy) is 1. The van der Waals surface area contributed by atoms with E-state index in [-0.39, 0.29) is 16.7 Å². The maximum Gasteiger partial charge on any atom is 0.233 e. The van der Waals surface area contributed by atoms with Crippen LogP contribution in [0.4, 0.5) is 10.8 Å². The Kier molecular flexibility index (Phi) is 6.66. The first-order valence-corrected chi connectivity index (χ1v) is 9.79. The molecule has 0 saturated carbocycles. The van der Waals surface area contributed by atoms with E-state index in [4.69, 9.17) is 4.74 Å². The molecule has 25 heavy (non-hydrogen) atoms. The number of anilines is 2. The largest absolute Gasteiger partial charge is 0.492 e. The van der Waals surface area contributed by atoms with Gasteiger partial charge in [0, 0.05) is 5.54 Å². The van der Waals surface area contributed by atoms with Gasteiger partial charge in [0.2, 0.25) is 11.0 Å². The number of carbonyl (C=O) groups excluding carboxylic acids is 1. The highest BCUT2D eigenvalue weighted by atomic mass is 32.2. The molecule has 0 spiro atoms. The smallest absolute Gasteiger partial charge is 0.233 e. The van der Waals surface area contributed by atoms with Crippen molar-refractivity contribution in [2.24, 2.45) is 0 Å². The monoisotopic (exact) mass is 380 g/mol. The lowest BCUT2D eigenvalue weighted by molar-refractivity contribution is -0.121. The standard InChI is InChI=1S/C17H24N4O2S2/c1-6-23-13-10-8-7-9-12(13)18-15-20-21-16(25-15)24-11(2)14(22)19-17(3,4)5/h7-11H,6H2,1-5H3,(H,18,20)(H,19,22). The Labute approximate surface area is 156 Å². The predicted molar refractivity (Wildman–Crippen MR) is 104 cm³/mol. The lowest BCUT2D eigenvalue weighted by Gasteiger charge is -2.22. The maximum atomic E-state index is 12.2. The summed E-state index contributed by atoms with van der Waals surface area (Å²) in [5.41, 5.74) is 0.596. The van der Waals surface area contributed by atoms with E-state index in [2.05, 4.69) is 20.8 Å². The summed E-state index contributed by atoms with van der Waals surface area (Å²) in [6.45, 7) is 10.3. The zero-order chi connectivity index (χ0) is 18.4. The molecule has 0 saturated heterocycles. The quantitative estimate of drug-likeness (QED) is 0.705. The number of rotatable bonds is 7. The van der Waals surface area contributed by atoms with Crippen molar-refractivity contribution in [2.75, 3.05) is 11.9 Å². The molecule has 1 aromatic carbocycles. The van der Waals surface area contributed by atoms with Gasteiger partial charge in [0.1, 0.15) is 5.75 Å². The normalized spacial score (nSPS) is 12.5. The molecule has 1 unspecified atom stereocenters. The third-order valence-electron chi connectivity index (χ3n) is 2.98. The lowest BCUT2D eigenvalue weighted by Crippen LogP contribution is -2.44. The number of para-hydroxylation sites is 2. The molecule has 6 nitrogen and oxygen atoms in total. The summed E-state index contributed by atoms with van der Waals surface area (Å²) in [4.78, 5) is 12.2. The highest BCUT2D eigenvalue weighted by molar-refractivity contribution is 8.02. The summed E-state index contributed by atoms with van der Waals surface area (Å²) in [5, 5.41) is 14.9. The SMILES string of the molecule is CCOc1ccccc1Nc1nnc(SC(C)C(=O)NC(C)(C)C)s1. The maximum absolute atomic E-state index is 12.2. The fourth-order valence-corrected chi connectivity index (χ4v) is 3.86. The van der Waals surface area contributed by atoms with Gasteiger partial charge in [-0.25, -0.2) is 0 Å². The zero-order valence-electron chi connectivity index (χ0n) is 15.1. The molecule has 0 bridgehead atoms. The van der Waals surface area contributed by atoms with Crippen LogP contribution in [-0.4, -0.2) is 33.5 Å². The molecular formula is C17H24N4O2S2. The van der Waals surface area contributed by atoms with E-state index in [1.165, 1.54) is 23.1 Å². The first kappa shape index (κ1) is 19.5. The molecule has 2 aromatic rings. The molecule has 136 valence electrons. The van der Waals surface area contributed by atoms with E-state index >= 15 is 0 Å². The number of benzene rings is 1. The summed E-state index contributed by atoms with van der Waals surface area (Å²) < 4.78 is 6.34. The van der Waals surface area contributed by atoms with E-state index in [9.17, 15) is 4.79 Å². The fraction of sp³-hybridized carbons (Fsp3) is 0.471. The highest BCUT2D eigenvalue weighted by Gasteiger charge is 2.21. The van der Waals surface area contributed by atoms with Crippen LogP contribution in [0, 0.1) is 0 Å². The van der Waals surface area contributed by atoms with Crippen LogP contribution in [0.3, 0.4) is 0 Å². The third kappa shape index (κ3) is 6.21. The average Bonchev–Trinajstić information content (AvgIpc) is 2.95. The van der Waals surface area contributed by atoms with Gasteiger partial charge in [0.05, 0.1) is 17.5 Å². The Balaban J connectivity index is 2.00. The van der Waals surface area contributed by atoms with Gasteiger partial charge in [-0.1, -0.05) is 35.2 Å². The molecule has 1 aromatic heterocycles. The number of hydrogen-bond donors (Lipinski definition) is 2. The summed E-state index contributed by atoms with van der Waals surface area (Å²) in [5.74, 6) is 0.760.